The molecule has 0 saturated heterocycles. The van der Waals surface area contributed by atoms with Gasteiger partial charge in [0.25, 0.3) is 0 Å². The lowest BCUT2D eigenvalue weighted by molar-refractivity contribution is 0.354. The van der Waals surface area contributed by atoms with Crippen LogP contribution in [0.2, 0.25) is 0 Å². The highest BCUT2D eigenvalue weighted by Gasteiger charge is 2.22. The summed E-state index contributed by atoms with van der Waals surface area (Å²) in [7, 11) is 5.13. The Morgan fingerprint density at radius 2 is 2.00 bits per heavy atom. The minimum Gasteiger partial charge on any atom is -0.493 e. The molecule has 2 aromatic rings. The molecule has 1 unspecified atom stereocenters. The van der Waals surface area contributed by atoms with Crippen molar-refractivity contribution < 1.29 is 9.47 Å². The molecule has 6 nitrogen and oxygen atoms in total. The second-order valence-electron chi connectivity index (χ2n) is 4.49. The average molecular weight is 355 g/mol. The quantitative estimate of drug-likeness (QED) is 0.862. The Morgan fingerprint density at radius 3 is 2.52 bits per heavy atom. The van der Waals surface area contributed by atoms with E-state index >= 15 is 0 Å². The maximum absolute atomic E-state index is 5.38. The molecule has 0 amide bonds. The summed E-state index contributed by atoms with van der Waals surface area (Å²) in [5.41, 5.74) is 2.02. The molecule has 0 radical (unpaired) electrons. The Labute approximate surface area is 132 Å². The summed E-state index contributed by atoms with van der Waals surface area (Å²) in [5.74, 6) is 1.41. The predicted molar refractivity (Wildman–Crippen MR) is 83.8 cm³/mol. The van der Waals surface area contributed by atoms with Gasteiger partial charge in [0.2, 0.25) is 0 Å². The third-order valence-electron chi connectivity index (χ3n) is 3.25. The van der Waals surface area contributed by atoms with E-state index in [0.717, 1.165) is 22.4 Å². The summed E-state index contributed by atoms with van der Waals surface area (Å²) < 4.78 is 13.2. The standard InChI is InChI=1S/C14H19BrN4O2/c1-5-16-12(13-14(15)17-18-19(13)2)9-6-7-10(20-3)11(8-9)21-4/h6-8,12,16H,5H2,1-4H3. The summed E-state index contributed by atoms with van der Waals surface area (Å²) >= 11 is 3.46. The molecule has 1 aromatic carbocycles. The lowest BCUT2D eigenvalue weighted by atomic mass is 10.0. The van der Waals surface area contributed by atoms with Gasteiger partial charge in [0, 0.05) is 7.05 Å². The van der Waals surface area contributed by atoms with Crippen molar-refractivity contribution in [2.75, 3.05) is 20.8 Å². The van der Waals surface area contributed by atoms with Crippen LogP contribution in [0, 0.1) is 0 Å². The zero-order chi connectivity index (χ0) is 15.4. The van der Waals surface area contributed by atoms with Crippen LogP contribution in [0.15, 0.2) is 22.8 Å². The van der Waals surface area contributed by atoms with Crippen molar-refractivity contribution in [2.45, 2.75) is 13.0 Å². The van der Waals surface area contributed by atoms with E-state index in [9.17, 15) is 0 Å². The maximum atomic E-state index is 5.38. The van der Waals surface area contributed by atoms with E-state index in [4.69, 9.17) is 9.47 Å². The molecule has 114 valence electrons. The monoisotopic (exact) mass is 354 g/mol. The molecule has 0 aliphatic carbocycles. The fourth-order valence-corrected chi connectivity index (χ4v) is 2.81. The van der Waals surface area contributed by atoms with Crippen molar-refractivity contribution in [1.82, 2.24) is 20.3 Å². The average Bonchev–Trinajstić information content (AvgIpc) is 2.83. The van der Waals surface area contributed by atoms with Gasteiger partial charge in [-0.2, -0.15) is 0 Å². The number of ether oxygens (including phenoxy) is 2. The van der Waals surface area contributed by atoms with Gasteiger partial charge in [-0.05, 0) is 40.2 Å². The molecule has 1 N–H and O–H groups in total. The number of hydrogen-bond donors (Lipinski definition) is 1. The van der Waals surface area contributed by atoms with Crippen LogP contribution < -0.4 is 14.8 Å². The number of methoxy groups -OCH3 is 2. The van der Waals surface area contributed by atoms with Crippen LogP contribution in [0.4, 0.5) is 0 Å². The van der Waals surface area contributed by atoms with Gasteiger partial charge in [-0.25, -0.2) is 4.68 Å². The van der Waals surface area contributed by atoms with Gasteiger partial charge in [0.15, 0.2) is 16.1 Å². The van der Waals surface area contributed by atoms with E-state index in [0.29, 0.717) is 11.5 Å². The molecule has 1 aromatic heterocycles. The van der Waals surface area contributed by atoms with E-state index in [1.54, 1.807) is 18.9 Å². The fraction of sp³-hybridized carbons (Fsp3) is 0.429. The normalized spacial score (nSPS) is 12.2. The second-order valence-corrected chi connectivity index (χ2v) is 5.25. The van der Waals surface area contributed by atoms with Crippen LogP contribution in [0.25, 0.3) is 0 Å². The van der Waals surface area contributed by atoms with Gasteiger partial charge in [-0.3, -0.25) is 0 Å². The van der Waals surface area contributed by atoms with Gasteiger partial charge in [0.05, 0.1) is 26.0 Å². The van der Waals surface area contributed by atoms with E-state index in [1.165, 1.54) is 0 Å². The lowest BCUT2D eigenvalue weighted by Gasteiger charge is -2.20. The van der Waals surface area contributed by atoms with E-state index in [1.807, 2.05) is 25.2 Å². The van der Waals surface area contributed by atoms with Crippen molar-refractivity contribution in [1.29, 1.82) is 0 Å². The molecule has 0 aliphatic rings. The molecule has 21 heavy (non-hydrogen) atoms. The third-order valence-corrected chi connectivity index (χ3v) is 3.81. The molecular weight excluding hydrogens is 336 g/mol. The Hall–Kier alpha value is -1.60. The molecule has 0 fully saturated rings. The Balaban J connectivity index is 2.48. The van der Waals surface area contributed by atoms with Crippen LogP contribution in [0.1, 0.15) is 24.2 Å². The second kappa shape index (κ2) is 6.91. The highest BCUT2D eigenvalue weighted by atomic mass is 79.9. The molecular formula is C14H19BrN4O2. The zero-order valence-electron chi connectivity index (χ0n) is 12.6. The zero-order valence-corrected chi connectivity index (χ0v) is 14.1. The van der Waals surface area contributed by atoms with Crippen LogP contribution >= 0.6 is 15.9 Å². The molecule has 1 heterocycles. The number of halogens is 1. The van der Waals surface area contributed by atoms with Crippen LogP contribution in [0.5, 0.6) is 11.5 Å². The van der Waals surface area contributed by atoms with Gasteiger partial charge >= 0.3 is 0 Å². The van der Waals surface area contributed by atoms with Gasteiger partial charge in [-0.15, -0.1) is 5.10 Å². The minimum absolute atomic E-state index is 0.0378. The third kappa shape index (κ3) is 3.19. The van der Waals surface area contributed by atoms with Gasteiger partial charge in [-0.1, -0.05) is 18.2 Å². The Morgan fingerprint density at radius 1 is 1.29 bits per heavy atom. The van der Waals surface area contributed by atoms with Crippen molar-refractivity contribution in [3.05, 3.63) is 34.1 Å². The number of nitrogens with one attached hydrogen (secondary N) is 1. The van der Waals surface area contributed by atoms with Gasteiger partial charge in [0.1, 0.15) is 0 Å². The molecule has 0 bridgehead atoms. The summed E-state index contributed by atoms with van der Waals surface area (Å²) in [5, 5.41) is 11.5. The number of rotatable bonds is 6. The molecule has 2 rings (SSSR count). The summed E-state index contributed by atoms with van der Waals surface area (Å²) in [6.07, 6.45) is 0. The van der Waals surface area contributed by atoms with E-state index in [-0.39, 0.29) is 6.04 Å². The highest BCUT2D eigenvalue weighted by molar-refractivity contribution is 9.10. The predicted octanol–water partition coefficient (Wildman–Crippen LogP) is 2.29. The topological polar surface area (TPSA) is 61.2 Å². The van der Waals surface area contributed by atoms with Crippen LogP contribution in [0.3, 0.4) is 0 Å². The largest absolute Gasteiger partial charge is 0.493 e. The van der Waals surface area contributed by atoms with Crippen molar-refractivity contribution in [2.24, 2.45) is 7.05 Å². The smallest absolute Gasteiger partial charge is 0.161 e. The van der Waals surface area contributed by atoms with Crippen LogP contribution in [-0.4, -0.2) is 35.8 Å². The van der Waals surface area contributed by atoms with E-state index in [2.05, 4.69) is 38.5 Å². The maximum Gasteiger partial charge on any atom is 0.161 e. The molecule has 0 saturated carbocycles. The first-order chi connectivity index (χ1) is 10.1. The Bertz CT molecular complexity index is 596. The molecule has 0 aliphatic heterocycles. The first-order valence-corrected chi connectivity index (χ1v) is 7.42. The molecule has 7 heteroatoms. The number of nitrogens with zero attached hydrogens (tertiary/aromatic N) is 3. The van der Waals surface area contributed by atoms with Gasteiger partial charge < -0.3 is 14.8 Å². The number of aryl methyl sites for hydroxylation is 1. The summed E-state index contributed by atoms with van der Waals surface area (Å²) in [4.78, 5) is 0. The number of benzene rings is 1. The van der Waals surface area contributed by atoms with E-state index < -0.39 is 0 Å². The summed E-state index contributed by atoms with van der Waals surface area (Å²) in [6.45, 7) is 2.88. The Kier molecular flexibility index (Phi) is 5.19. The van der Waals surface area contributed by atoms with Crippen molar-refractivity contribution in [3.63, 3.8) is 0 Å². The lowest BCUT2D eigenvalue weighted by Crippen LogP contribution is -2.24. The van der Waals surface area contributed by atoms with Crippen molar-refractivity contribution >= 4 is 15.9 Å². The number of hydrogen-bond acceptors (Lipinski definition) is 5. The molecule has 1 atom stereocenters. The number of aromatic nitrogens is 3. The minimum atomic E-state index is -0.0378. The SMILES string of the molecule is CCNC(c1ccc(OC)c(OC)c1)c1c(Br)nnn1C. The summed E-state index contributed by atoms with van der Waals surface area (Å²) in [6, 6.07) is 5.83. The molecule has 0 spiro atoms. The highest BCUT2D eigenvalue weighted by Crippen LogP contribution is 2.33. The first-order valence-electron chi connectivity index (χ1n) is 6.62. The fourth-order valence-electron chi connectivity index (χ4n) is 2.25. The van der Waals surface area contributed by atoms with Crippen LogP contribution in [-0.2, 0) is 7.05 Å². The van der Waals surface area contributed by atoms with Crippen molar-refractivity contribution in [3.8, 4) is 11.5 Å². The first kappa shape index (κ1) is 15.8.